The van der Waals surface area contributed by atoms with Gasteiger partial charge in [-0.3, -0.25) is 4.79 Å². The fourth-order valence-electron chi connectivity index (χ4n) is 6.82. The number of hydrogen-bond acceptors (Lipinski definition) is 7. The Morgan fingerprint density at radius 1 is 1.16 bits per heavy atom. The quantitative estimate of drug-likeness (QED) is 0.513. The van der Waals surface area contributed by atoms with Gasteiger partial charge in [-0.2, -0.15) is 4.31 Å². The molecule has 2 aliphatic heterocycles. The molecule has 206 valence electrons. The zero-order chi connectivity index (χ0) is 27.5. The highest BCUT2D eigenvalue weighted by atomic mass is 32.2. The number of carbonyl (C=O) groups is 2. The van der Waals surface area contributed by atoms with Gasteiger partial charge in [0.2, 0.25) is 10.0 Å². The summed E-state index contributed by atoms with van der Waals surface area (Å²) in [7, 11) is -1.65. The maximum Gasteiger partial charge on any atom is 0.341 e. The van der Waals surface area contributed by atoms with E-state index < -0.39 is 21.9 Å². The third-order valence-electron chi connectivity index (χ3n) is 8.04. The van der Waals surface area contributed by atoms with Crippen LogP contribution >= 0.6 is 11.3 Å². The molecule has 3 aliphatic rings. The predicted octanol–water partition coefficient (Wildman–Crippen LogP) is 4.75. The summed E-state index contributed by atoms with van der Waals surface area (Å²) < 4.78 is 34.2. The molecule has 1 N–H and O–H groups in total. The summed E-state index contributed by atoms with van der Waals surface area (Å²) in [6, 6.07) is 6.12. The second-order valence-electron chi connectivity index (χ2n) is 12.2. The number of rotatable bonds is 6. The first-order valence-electron chi connectivity index (χ1n) is 13.3. The second kappa shape index (κ2) is 9.73. The molecule has 2 unspecified atom stereocenters. The first kappa shape index (κ1) is 27.3. The SMILES string of the molecule is CCOC(=O)c1c(NC(=O)c2ccc(S(=O)(=O)N3CC4(C)CC3CC(C)(C)C4)cc2)sc2c1CCN(C)C2. The zero-order valence-corrected chi connectivity index (χ0v) is 24.4. The van der Waals surface area contributed by atoms with Gasteiger partial charge in [-0.05, 0) is 80.3 Å². The molecule has 1 aromatic carbocycles. The van der Waals surface area contributed by atoms with Crippen molar-refractivity contribution in [3.8, 4) is 0 Å². The van der Waals surface area contributed by atoms with E-state index in [-0.39, 0.29) is 28.4 Å². The van der Waals surface area contributed by atoms with E-state index in [2.05, 4.69) is 31.0 Å². The summed E-state index contributed by atoms with van der Waals surface area (Å²) in [5.74, 6) is -0.822. The Bertz CT molecular complexity index is 1370. The molecule has 0 spiro atoms. The number of esters is 1. The predicted molar refractivity (Wildman–Crippen MR) is 148 cm³/mol. The summed E-state index contributed by atoms with van der Waals surface area (Å²) in [6.07, 6.45) is 3.47. The molecule has 0 radical (unpaired) electrons. The van der Waals surface area contributed by atoms with Gasteiger partial charge >= 0.3 is 5.97 Å². The Morgan fingerprint density at radius 2 is 1.87 bits per heavy atom. The average Bonchev–Trinajstić information content (AvgIpc) is 3.31. The summed E-state index contributed by atoms with van der Waals surface area (Å²) in [5.41, 5.74) is 1.81. The topological polar surface area (TPSA) is 96.0 Å². The van der Waals surface area contributed by atoms with E-state index in [1.165, 1.54) is 23.5 Å². The normalized spacial score (nSPS) is 25.1. The summed E-state index contributed by atoms with van der Waals surface area (Å²) in [4.78, 5) is 29.4. The van der Waals surface area contributed by atoms with Crippen LogP contribution in [-0.2, 0) is 27.7 Å². The smallest absolute Gasteiger partial charge is 0.341 e. The molecule has 5 rings (SSSR count). The lowest BCUT2D eigenvalue weighted by atomic mass is 9.65. The molecule has 2 atom stereocenters. The Labute approximate surface area is 229 Å². The highest BCUT2D eigenvalue weighted by Gasteiger charge is 2.53. The Kier molecular flexibility index (Phi) is 6.99. The van der Waals surface area contributed by atoms with Crippen LogP contribution in [0, 0.1) is 10.8 Å². The monoisotopic (exact) mass is 559 g/mol. The van der Waals surface area contributed by atoms with Crippen molar-refractivity contribution in [3.63, 3.8) is 0 Å². The lowest BCUT2D eigenvalue weighted by Gasteiger charge is -2.39. The van der Waals surface area contributed by atoms with Gasteiger partial charge in [-0.15, -0.1) is 11.3 Å². The Morgan fingerprint density at radius 3 is 2.55 bits per heavy atom. The summed E-state index contributed by atoms with van der Waals surface area (Å²) in [6.45, 7) is 10.7. The van der Waals surface area contributed by atoms with Crippen molar-refractivity contribution < 1.29 is 22.7 Å². The van der Waals surface area contributed by atoms with E-state index >= 15 is 0 Å². The number of thiophene rings is 1. The number of fused-ring (bicyclic) bond motifs is 3. The van der Waals surface area contributed by atoms with Crippen LogP contribution in [0.2, 0.25) is 0 Å². The molecule has 1 amide bonds. The molecular weight excluding hydrogens is 522 g/mol. The minimum Gasteiger partial charge on any atom is -0.462 e. The number of nitrogens with one attached hydrogen (secondary N) is 1. The number of anilines is 1. The number of carbonyl (C=O) groups excluding carboxylic acids is 2. The lowest BCUT2D eigenvalue weighted by molar-refractivity contribution is 0.0526. The number of benzene rings is 1. The largest absolute Gasteiger partial charge is 0.462 e. The van der Waals surface area contributed by atoms with Crippen LogP contribution in [0.1, 0.15) is 78.1 Å². The van der Waals surface area contributed by atoms with Gasteiger partial charge in [0, 0.05) is 36.1 Å². The van der Waals surface area contributed by atoms with Crippen LogP contribution in [0.4, 0.5) is 5.00 Å². The molecule has 3 heterocycles. The maximum absolute atomic E-state index is 13.6. The molecule has 38 heavy (non-hydrogen) atoms. The van der Waals surface area contributed by atoms with Crippen LogP contribution in [-0.4, -0.2) is 62.3 Å². The first-order valence-corrected chi connectivity index (χ1v) is 15.5. The molecule has 1 saturated carbocycles. The van der Waals surface area contributed by atoms with Gasteiger partial charge in [0.15, 0.2) is 0 Å². The number of nitrogens with zero attached hydrogens (tertiary/aromatic N) is 2. The van der Waals surface area contributed by atoms with Crippen LogP contribution in [0.15, 0.2) is 29.2 Å². The standard InChI is InChI=1S/C28H37N3O5S2/c1-6-36-26(33)23-21-11-12-30(5)15-22(21)37-25(23)29-24(32)18-7-9-20(10-8-18)38(34,35)31-17-28(4)14-19(31)13-27(2,3)16-28/h7-10,19H,6,11-17H2,1-5H3,(H,29,32). The van der Waals surface area contributed by atoms with Crippen molar-refractivity contribution in [3.05, 3.63) is 45.8 Å². The number of amides is 1. The van der Waals surface area contributed by atoms with Crippen molar-refractivity contribution in [1.29, 1.82) is 0 Å². The van der Waals surface area contributed by atoms with E-state index in [0.29, 0.717) is 35.6 Å². The van der Waals surface area contributed by atoms with Gasteiger partial charge < -0.3 is 15.0 Å². The lowest BCUT2D eigenvalue weighted by Crippen LogP contribution is -2.37. The van der Waals surface area contributed by atoms with E-state index in [9.17, 15) is 18.0 Å². The van der Waals surface area contributed by atoms with Crippen LogP contribution < -0.4 is 5.32 Å². The molecule has 2 fully saturated rings. The summed E-state index contributed by atoms with van der Waals surface area (Å²) in [5, 5.41) is 3.37. The van der Waals surface area contributed by atoms with Gasteiger partial charge in [0.1, 0.15) is 5.00 Å². The van der Waals surface area contributed by atoms with Crippen molar-refractivity contribution in [2.45, 2.75) is 70.9 Å². The number of sulfonamides is 1. The van der Waals surface area contributed by atoms with Crippen molar-refractivity contribution in [2.24, 2.45) is 10.8 Å². The van der Waals surface area contributed by atoms with E-state index in [4.69, 9.17) is 4.74 Å². The fourth-order valence-corrected chi connectivity index (χ4v) is 9.90. The molecule has 10 heteroatoms. The van der Waals surface area contributed by atoms with Crippen molar-refractivity contribution in [1.82, 2.24) is 9.21 Å². The fraction of sp³-hybridized carbons (Fsp3) is 0.571. The molecule has 1 aromatic heterocycles. The zero-order valence-electron chi connectivity index (χ0n) is 22.8. The van der Waals surface area contributed by atoms with Gasteiger partial charge in [0.25, 0.3) is 5.91 Å². The summed E-state index contributed by atoms with van der Waals surface area (Å²) >= 11 is 1.40. The molecular formula is C28H37N3O5S2. The van der Waals surface area contributed by atoms with Gasteiger partial charge in [-0.25, -0.2) is 13.2 Å². The molecule has 1 saturated heterocycles. The Balaban J connectivity index is 1.36. The third-order valence-corrected chi connectivity index (χ3v) is 11.1. The van der Waals surface area contributed by atoms with Gasteiger partial charge in [0.05, 0.1) is 17.1 Å². The van der Waals surface area contributed by atoms with Crippen LogP contribution in [0.3, 0.4) is 0 Å². The number of ether oxygens (including phenoxy) is 1. The van der Waals surface area contributed by atoms with Crippen molar-refractivity contribution in [2.75, 3.05) is 32.1 Å². The number of likely N-dealkylation sites (N-methyl/N-ethyl adjacent to an activating group) is 1. The molecule has 8 nitrogen and oxygen atoms in total. The van der Waals surface area contributed by atoms with Crippen LogP contribution in [0.25, 0.3) is 0 Å². The Hall–Kier alpha value is -2.27. The minimum absolute atomic E-state index is 0.00179. The number of hydrogen-bond donors (Lipinski definition) is 1. The molecule has 2 aromatic rings. The molecule has 2 bridgehead atoms. The highest BCUT2D eigenvalue weighted by Crippen LogP contribution is 2.53. The van der Waals surface area contributed by atoms with E-state index in [1.807, 2.05) is 7.05 Å². The maximum atomic E-state index is 13.6. The van der Waals surface area contributed by atoms with Gasteiger partial charge in [-0.1, -0.05) is 20.8 Å². The average molecular weight is 560 g/mol. The first-order chi connectivity index (χ1) is 17.8. The van der Waals surface area contributed by atoms with E-state index in [1.54, 1.807) is 23.4 Å². The van der Waals surface area contributed by atoms with E-state index in [0.717, 1.165) is 36.2 Å². The third kappa shape index (κ3) is 5.03. The second-order valence-corrected chi connectivity index (χ2v) is 15.2. The minimum atomic E-state index is -3.68. The van der Waals surface area contributed by atoms with Crippen LogP contribution in [0.5, 0.6) is 0 Å². The van der Waals surface area contributed by atoms with Crippen molar-refractivity contribution >= 4 is 38.2 Å². The highest BCUT2D eigenvalue weighted by molar-refractivity contribution is 7.89. The molecule has 1 aliphatic carbocycles.